The largest absolute Gasteiger partial charge is 0.494 e. The summed E-state index contributed by atoms with van der Waals surface area (Å²) in [7, 11) is -8.46. The molecule has 0 amide bonds. The van der Waals surface area contributed by atoms with Crippen molar-refractivity contribution in [1.29, 1.82) is 0 Å². The van der Waals surface area contributed by atoms with Crippen molar-refractivity contribution in [2.24, 2.45) is 0 Å². The molecule has 0 radical (unpaired) electrons. The van der Waals surface area contributed by atoms with Gasteiger partial charge in [-0.3, -0.25) is 0 Å². The molecule has 0 N–H and O–H groups in total. The summed E-state index contributed by atoms with van der Waals surface area (Å²) < 4.78 is 57.2. The molecule has 0 bridgehead atoms. The molecule has 2 aliphatic heterocycles. The first-order valence-corrected chi connectivity index (χ1v) is 23.8. The molecule has 2 aromatic rings. The Bertz CT molecular complexity index is 867. The monoisotopic (exact) mass is 676 g/mol. The molecule has 39 heavy (non-hydrogen) atoms. The lowest BCUT2D eigenvalue weighted by Gasteiger charge is -2.26. The van der Waals surface area contributed by atoms with Crippen molar-refractivity contribution >= 4 is 78.6 Å². The number of benzene rings is 2. The predicted molar refractivity (Wildman–Crippen MR) is 169 cm³/mol. The molecule has 0 spiro atoms. The Labute approximate surface area is 248 Å². The average molecular weight is 677 g/mol. The maximum atomic E-state index is 5.98. The number of hydrogen-bond donors (Lipinski definition) is 0. The molecule has 0 aliphatic carbocycles. The van der Waals surface area contributed by atoms with Crippen molar-refractivity contribution in [3.63, 3.8) is 0 Å². The van der Waals surface area contributed by atoms with Crippen LogP contribution < -0.4 is 9.47 Å². The maximum absolute atomic E-state index is 5.98. The zero-order chi connectivity index (χ0) is 27.2. The predicted octanol–water partition coefficient (Wildman–Crippen LogP) is -1.86. The van der Waals surface area contributed by atoms with E-state index >= 15 is 0 Å². The second-order valence-electron chi connectivity index (χ2n) is 9.70. The quantitative estimate of drug-likeness (QED) is 0.189. The fourth-order valence-corrected chi connectivity index (χ4v) is 21.9. The standard InChI is InChI=1S/C21H40O10Si8/c1-21(2,17-5-9-19(10-6-17)22-13-3-15-38-28-34-24-32-25-35-29-38)18-7-11-20(12-8-18)23-14-4-16-39-30-36-26-33-27-37-31-39/h5-12,38-39H,3-4,13-16,32-37H2,1-2H3. The van der Waals surface area contributed by atoms with E-state index in [0.717, 1.165) is 36.4 Å². The minimum Gasteiger partial charge on any atom is -0.494 e. The lowest BCUT2D eigenvalue weighted by molar-refractivity contribution is 0.301. The fraction of sp³-hybridized carbons (Fsp3) is 0.429. The minimum absolute atomic E-state index is 0.143. The van der Waals surface area contributed by atoms with Gasteiger partial charge in [-0.1, -0.05) is 38.1 Å². The van der Waals surface area contributed by atoms with Gasteiger partial charge in [-0.05, 0) is 60.3 Å². The summed E-state index contributed by atoms with van der Waals surface area (Å²) in [6.07, 6.45) is 1.83. The van der Waals surface area contributed by atoms with Crippen molar-refractivity contribution < 1.29 is 42.4 Å². The highest BCUT2D eigenvalue weighted by Gasteiger charge is 2.23. The topological polar surface area (TPSA) is 92.3 Å². The molecule has 18 heteroatoms. The highest BCUT2D eigenvalue weighted by atomic mass is 28.4. The van der Waals surface area contributed by atoms with Gasteiger partial charge in [0.2, 0.25) is 0 Å². The Morgan fingerprint density at radius 3 is 1.28 bits per heavy atom. The average Bonchev–Trinajstić information content (AvgIpc) is 2.91. The van der Waals surface area contributed by atoms with Crippen LogP contribution >= 0.6 is 0 Å². The molecular formula is C21H40O10Si8. The van der Waals surface area contributed by atoms with E-state index in [9.17, 15) is 0 Å². The Balaban J connectivity index is 1.18. The van der Waals surface area contributed by atoms with E-state index in [-0.39, 0.29) is 5.41 Å². The summed E-state index contributed by atoms with van der Waals surface area (Å²) in [5, 5.41) is 0. The minimum atomic E-state index is -1.62. The van der Waals surface area contributed by atoms with E-state index in [1.54, 1.807) is 0 Å². The second-order valence-corrected chi connectivity index (χ2v) is 25.9. The molecular weight excluding hydrogens is 637 g/mol. The Morgan fingerprint density at radius 2 is 0.923 bits per heavy atom. The zero-order valence-corrected chi connectivity index (χ0v) is 33.6. The van der Waals surface area contributed by atoms with E-state index < -0.39 is 78.6 Å². The first-order valence-electron chi connectivity index (χ1n) is 13.4. The van der Waals surface area contributed by atoms with Gasteiger partial charge in [0, 0.05) is 5.41 Å². The van der Waals surface area contributed by atoms with E-state index in [2.05, 4.69) is 62.4 Å². The van der Waals surface area contributed by atoms with Crippen LogP contribution in [0.2, 0.25) is 12.1 Å². The summed E-state index contributed by atoms with van der Waals surface area (Å²) in [4.78, 5) is 0. The molecule has 0 saturated carbocycles. The summed E-state index contributed by atoms with van der Waals surface area (Å²) in [5.74, 6) is 1.76. The number of hydrogen-bond acceptors (Lipinski definition) is 10. The molecule has 4 rings (SSSR count). The van der Waals surface area contributed by atoms with Crippen LogP contribution in [0.1, 0.15) is 37.8 Å². The van der Waals surface area contributed by atoms with Gasteiger partial charge in [-0.2, -0.15) is 0 Å². The molecule has 2 saturated heterocycles. The lowest BCUT2D eigenvalue weighted by Crippen LogP contribution is -2.33. The number of rotatable bonds is 12. The van der Waals surface area contributed by atoms with Crippen molar-refractivity contribution in [2.45, 2.75) is 44.2 Å². The summed E-state index contributed by atoms with van der Waals surface area (Å²) in [5.41, 5.74) is 2.32. The first kappa shape index (κ1) is 31.4. The van der Waals surface area contributed by atoms with Gasteiger partial charge in [0.05, 0.1) is 13.2 Å². The van der Waals surface area contributed by atoms with Gasteiger partial charge < -0.3 is 42.4 Å². The Hall–Kier alpha value is -0.545. The molecule has 0 atom stereocenters. The SMILES string of the molecule is CC(C)(c1ccc(OCCC[SiH]2O[SiH2]O[SiH2]O[SiH2]O2)cc1)c1ccc(OCCC[SiH]2O[SiH2]O[SiH2]O[SiH2]O2)cc1. The molecule has 2 fully saturated rings. The van der Waals surface area contributed by atoms with Crippen molar-refractivity contribution in [2.75, 3.05) is 13.2 Å². The Kier molecular flexibility index (Phi) is 14.0. The van der Waals surface area contributed by atoms with E-state index in [4.69, 9.17) is 42.4 Å². The molecule has 2 aromatic carbocycles. The second kappa shape index (κ2) is 17.4. The highest BCUT2D eigenvalue weighted by Crippen LogP contribution is 2.33. The Morgan fingerprint density at radius 1 is 0.564 bits per heavy atom. The van der Waals surface area contributed by atoms with Crippen molar-refractivity contribution in [3.8, 4) is 11.5 Å². The molecule has 2 aliphatic rings. The van der Waals surface area contributed by atoms with Gasteiger partial charge in [0.25, 0.3) is 60.0 Å². The van der Waals surface area contributed by atoms with Crippen LogP contribution in [0.3, 0.4) is 0 Å². The third kappa shape index (κ3) is 11.0. The van der Waals surface area contributed by atoms with Crippen LogP contribution in [-0.4, -0.2) is 91.8 Å². The zero-order valence-electron chi connectivity index (χ0n) is 22.8. The number of ether oxygens (including phenoxy) is 2. The van der Waals surface area contributed by atoms with Crippen LogP contribution in [0.5, 0.6) is 11.5 Å². The van der Waals surface area contributed by atoms with Gasteiger partial charge in [0.15, 0.2) is 0 Å². The lowest BCUT2D eigenvalue weighted by atomic mass is 9.78. The molecule has 2 heterocycles. The van der Waals surface area contributed by atoms with Crippen LogP contribution in [0, 0.1) is 0 Å². The van der Waals surface area contributed by atoms with Crippen molar-refractivity contribution in [1.82, 2.24) is 0 Å². The molecule has 0 unspecified atom stereocenters. The van der Waals surface area contributed by atoms with E-state index in [0.29, 0.717) is 13.2 Å². The summed E-state index contributed by atoms with van der Waals surface area (Å²) >= 11 is 0. The third-order valence-corrected chi connectivity index (χ3v) is 21.8. The van der Waals surface area contributed by atoms with Crippen LogP contribution in [0.15, 0.2) is 48.5 Å². The normalized spacial score (nSPS) is 25.0. The molecule has 0 aromatic heterocycles. The van der Waals surface area contributed by atoms with Gasteiger partial charge in [-0.15, -0.1) is 0 Å². The van der Waals surface area contributed by atoms with Crippen molar-refractivity contribution in [3.05, 3.63) is 59.7 Å². The van der Waals surface area contributed by atoms with Gasteiger partial charge >= 0.3 is 18.6 Å². The fourth-order valence-electron chi connectivity index (χ4n) is 4.16. The van der Waals surface area contributed by atoms with Gasteiger partial charge in [-0.25, -0.2) is 0 Å². The van der Waals surface area contributed by atoms with Crippen LogP contribution in [0.4, 0.5) is 0 Å². The smallest absolute Gasteiger partial charge is 0.303 e. The summed E-state index contributed by atoms with van der Waals surface area (Å²) in [6.45, 7) is 5.78. The van der Waals surface area contributed by atoms with Gasteiger partial charge in [0.1, 0.15) is 11.5 Å². The van der Waals surface area contributed by atoms with E-state index in [1.165, 1.54) is 11.1 Å². The molecule has 10 nitrogen and oxygen atoms in total. The summed E-state index contributed by atoms with van der Waals surface area (Å²) in [6, 6.07) is 18.7. The highest BCUT2D eigenvalue weighted by molar-refractivity contribution is 6.60. The van der Waals surface area contributed by atoms with Crippen LogP contribution in [0.25, 0.3) is 0 Å². The molecule has 216 valence electrons. The first-order chi connectivity index (χ1) is 19.1. The van der Waals surface area contributed by atoms with Crippen LogP contribution in [-0.2, 0) is 38.3 Å². The maximum Gasteiger partial charge on any atom is 0.303 e. The van der Waals surface area contributed by atoms with E-state index in [1.807, 2.05) is 0 Å². The third-order valence-electron chi connectivity index (χ3n) is 6.54.